The molecule has 1 aromatic heterocycles. The first-order chi connectivity index (χ1) is 10.3. The molecule has 0 amide bonds. The second-order valence-electron chi connectivity index (χ2n) is 5.50. The van der Waals surface area contributed by atoms with Crippen LogP contribution in [0.25, 0.3) is 0 Å². The summed E-state index contributed by atoms with van der Waals surface area (Å²) in [4.78, 5) is 13.9. The molecule has 0 saturated carbocycles. The minimum absolute atomic E-state index is 0.204. The molecule has 5 heteroatoms. The molecular formula is C16H17N2O2S+. The van der Waals surface area contributed by atoms with Crippen molar-refractivity contribution in [2.45, 2.75) is 19.3 Å². The largest absolute Gasteiger partial charge is 0.437 e. The molecule has 1 atom stereocenters. The maximum atomic E-state index is 12.5. The van der Waals surface area contributed by atoms with E-state index in [0.29, 0.717) is 12.5 Å². The zero-order valence-electron chi connectivity index (χ0n) is 11.7. The summed E-state index contributed by atoms with van der Waals surface area (Å²) in [5, 5.41) is 5.57. The molecule has 1 aromatic rings. The predicted molar refractivity (Wildman–Crippen MR) is 81.5 cm³/mol. The number of nitrogens with one attached hydrogen (secondary N) is 1. The van der Waals surface area contributed by atoms with E-state index in [1.165, 1.54) is 4.88 Å². The summed E-state index contributed by atoms with van der Waals surface area (Å²) in [5.41, 5.74) is 2.97. The molecule has 0 saturated heterocycles. The van der Waals surface area contributed by atoms with E-state index in [2.05, 4.69) is 28.9 Å². The molecule has 108 valence electrons. The molecule has 1 unspecified atom stereocenters. The maximum Gasteiger partial charge on any atom is 0.426 e. The fourth-order valence-corrected chi connectivity index (χ4v) is 4.02. The van der Waals surface area contributed by atoms with Gasteiger partial charge in [-0.2, -0.15) is 0 Å². The molecule has 4 heterocycles. The summed E-state index contributed by atoms with van der Waals surface area (Å²) < 4.78 is 6.65. The van der Waals surface area contributed by atoms with Crippen molar-refractivity contribution in [2.24, 2.45) is 5.92 Å². The second-order valence-corrected chi connectivity index (χ2v) is 6.53. The Morgan fingerprint density at radius 2 is 2.43 bits per heavy atom. The van der Waals surface area contributed by atoms with Crippen LogP contribution in [0.15, 0.2) is 52.5 Å². The quantitative estimate of drug-likeness (QED) is 0.854. The van der Waals surface area contributed by atoms with Gasteiger partial charge in [-0.3, -0.25) is 0 Å². The van der Waals surface area contributed by atoms with Gasteiger partial charge in [0.25, 0.3) is 5.70 Å². The Hall–Kier alpha value is -1.88. The molecule has 21 heavy (non-hydrogen) atoms. The monoisotopic (exact) mass is 301 g/mol. The fourth-order valence-electron chi connectivity index (χ4n) is 3.27. The van der Waals surface area contributed by atoms with Gasteiger partial charge < -0.3 is 10.1 Å². The topological polar surface area (TPSA) is 41.3 Å². The number of nitrogens with zero attached hydrogens (tertiary/aromatic N) is 1. The highest BCUT2D eigenvalue weighted by Crippen LogP contribution is 2.39. The van der Waals surface area contributed by atoms with Crippen molar-refractivity contribution in [3.8, 4) is 0 Å². The van der Waals surface area contributed by atoms with E-state index in [0.717, 1.165) is 47.5 Å². The van der Waals surface area contributed by atoms with Crippen LogP contribution in [0.5, 0.6) is 0 Å². The van der Waals surface area contributed by atoms with Gasteiger partial charge in [-0.05, 0) is 36.4 Å². The van der Waals surface area contributed by atoms with Crippen LogP contribution < -0.4 is 5.32 Å². The molecule has 3 aliphatic rings. The smallest absolute Gasteiger partial charge is 0.426 e. The molecule has 1 N–H and O–H groups in total. The minimum atomic E-state index is 0.204. The fraction of sp³-hybridized carbons (Fsp3) is 0.375. The van der Waals surface area contributed by atoms with Crippen LogP contribution in [0.3, 0.4) is 0 Å². The first-order valence-electron chi connectivity index (χ1n) is 7.34. The summed E-state index contributed by atoms with van der Waals surface area (Å²) in [7, 11) is 0. The van der Waals surface area contributed by atoms with E-state index in [9.17, 15) is 4.91 Å². The highest BCUT2D eigenvalue weighted by Gasteiger charge is 2.45. The van der Waals surface area contributed by atoms with Gasteiger partial charge in [-0.25, -0.2) is 0 Å². The second kappa shape index (κ2) is 5.15. The summed E-state index contributed by atoms with van der Waals surface area (Å²) >= 11 is 1.77. The van der Waals surface area contributed by atoms with E-state index in [-0.39, 0.29) is 5.92 Å². The van der Waals surface area contributed by atoms with Crippen molar-refractivity contribution < 1.29 is 9.50 Å². The van der Waals surface area contributed by atoms with E-state index in [4.69, 9.17) is 4.74 Å². The van der Waals surface area contributed by atoms with Crippen LogP contribution >= 0.6 is 11.3 Å². The van der Waals surface area contributed by atoms with Crippen molar-refractivity contribution >= 4 is 11.3 Å². The number of nitroso groups, excluding NO2 is 1. The first-order valence-corrected chi connectivity index (χ1v) is 8.22. The van der Waals surface area contributed by atoms with Gasteiger partial charge in [0.2, 0.25) is 0 Å². The lowest BCUT2D eigenvalue weighted by molar-refractivity contribution is -0.490. The Morgan fingerprint density at radius 3 is 3.29 bits per heavy atom. The third-order valence-electron chi connectivity index (χ3n) is 4.22. The Morgan fingerprint density at radius 1 is 1.48 bits per heavy atom. The molecule has 0 bridgehead atoms. The van der Waals surface area contributed by atoms with Crippen LogP contribution in [0.1, 0.15) is 17.7 Å². The molecule has 0 aliphatic carbocycles. The Kier molecular flexibility index (Phi) is 3.15. The van der Waals surface area contributed by atoms with Crippen LogP contribution in [-0.4, -0.2) is 17.9 Å². The molecule has 3 aliphatic heterocycles. The lowest BCUT2D eigenvalue weighted by Crippen LogP contribution is -2.37. The number of allylic oxidation sites excluding steroid dienone is 3. The zero-order chi connectivity index (χ0) is 14.2. The molecule has 4 rings (SSSR count). The third-order valence-corrected chi connectivity index (χ3v) is 5.11. The van der Waals surface area contributed by atoms with E-state index in [1.54, 1.807) is 11.3 Å². The van der Waals surface area contributed by atoms with Gasteiger partial charge in [0, 0.05) is 28.7 Å². The summed E-state index contributed by atoms with van der Waals surface area (Å²) in [6.45, 7) is 1.43. The highest BCUT2D eigenvalue weighted by molar-refractivity contribution is 7.09. The Bertz CT molecular complexity index is 670. The van der Waals surface area contributed by atoms with E-state index >= 15 is 0 Å². The van der Waals surface area contributed by atoms with E-state index < -0.39 is 0 Å². The number of thiophene rings is 1. The average Bonchev–Trinajstić information content (AvgIpc) is 3.04. The van der Waals surface area contributed by atoms with Gasteiger partial charge in [0.1, 0.15) is 11.4 Å². The third kappa shape index (κ3) is 2.12. The molecule has 4 nitrogen and oxygen atoms in total. The van der Waals surface area contributed by atoms with Crippen LogP contribution in [-0.2, 0) is 11.2 Å². The van der Waals surface area contributed by atoms with Gasteiger partial charge in [-0.1, -0.05) is 6.07 Å². The summed E-state index contributed by atoms with van der Waals surface area (Å²) in [6, 6.07) is 4.24. The van der Waals surface area contributed by atoms with Gasteiger partial charge in [-0.15, -0.1) is 11.3 Å². The predicted octanol–water partition coefficient (Wildman–Crippen LogP) is 3.09. The van der Waals surface area contributed by atoms with Crippen molar-refractivity contribution in [1.29, 1.82) is 0 Å². The van der Waals surface area contributed by atoms with Crippen molar-refractivity contribution in [2.75, 3.05) is 13.2 Å². The van der Waals surface area contributed by atoms with Crippen molar-refractivity contribution in [3.05, 3.63) is 62.3 Å². The maximum absolute atomic E-state index is 12.5. The van der Waals surface area contributed by atoms with Crippen LogP contribution in [0.4, 0.5) is 0 Å². The lowest BCUT2D eigenvalue weighted by atomic mass is 9.85. The summed E-state index contributed by atoms with van der Waals surface area (Å²) in [5.74, 6) is 0.706. The summed E-state index contributed by atoms with van der Waals surface area (Å²) in [6.07, 6.45) is 6.80. The average molecular weight is 301 g/mol. The Labute approximate surface area is 127 Å². The van der Waals surface area contributed by atoms with Crippen LogP contribution in [0.2, 0.25) is 0 Å². The SMILES string of the molecule is O=[N+]1C2=C(NCCC2)C(Cc2cccs2)C2=C1OCC=C2. The van der Waals surface area contributed by atoms with Gasteiger partial charge in [0.05, 0.1) is 11.3 Å². The highest BCUT2D eigenvalue weighted by atomic mass is 32.1. The van der Waals surface area contributed by atoms with Crippen molar-refractivity contribution in [3.63, 3.8) is 0 Å². The van der Waals surface area contributed by atoms with E-state index in [1.807, 2.05) is 6.08 Å². The first kappa shape index (κ1) is 12.8. The molecule has 0 aromatic carbocycles. The normalized spacial score (nSPS) is 24.4. The molecule has 0 spiro atoms. The molecule has 0 fully saturated rings. The minimum Gasteiger partial charge on any atom is -0.437 e. The zero-order valence-corrected chi connectivity index (χ0v) is 12.5. The van der Waals surface area contributed by atoms with Gasteiger partial charge >= 0.3 is 5.88 Å². The van der Waals surface area contributed by atoms with Crippen molar-refractivity contribution in [1.82, 2.24) is 5.32 Å². The van der Waals surface area contributed by atoms with Gasteiger partial charge in [0.15, 0.2) is 0 Å². The Balaban J connectivity index is 1.78. The molecule has 0 radical (unpaired) electrons. The number of rotatable bonds is 2. The lowest BCUT2D eigenvalue weighted by Gasteiger charge is -2.29. The standard InChI is InChI=1S/C16H17N2O2S/c19-18-14-6-1-7-17-15(14)13(10-11-4-3-9-21-11)12-5-2-8-20-16(12)18/h2-5,9,13,17H,1,6-8,10H2/q+1. The number of ether oxygens (including phenoxy) is 1. The number of hydrogen-bond acceptors (Lipinski definition) is 4. The number of hydrogen-bond donors (Lipinski definition) is 1. The van der Waals surface area contributed by atoms with Crippen LogP contribution in [0, 0.1) is 10.8 Å². The molecular weight excluding hydrogens is 284 g/mol.